The van der Waals surface area contributed by atoms with Gasteiger partial charge in [0.15, 0.2) is 0 Å². The Balaban J connectivity index is 0.000000647. The molecule has 0 spiro atoms. The van der Waals surface area contributed by atoms with Crippen molar-refractivity contribution in [2.75, 3.05) is 19.6 Å². The minimum Gasteiger partial charge on any atom is -0.483 e. The molecular weight excluding hydrogens is 306 g/mol. The van der Waals surface area contributed by atoms with Crippen LogP contribution in [0.15, 0.2) is 6.07 Å². The summed E-state index contributed by atoms with van der Waals surface area (Å²) >= 11 is 0. The van der Waals surface area contributed by atoms with Gasteiger partial charge >= 0.3 is 0 Å². The summed E-state index contributed by atoms with van der Waals surface area (Å²) in [5.41, 5.74) is 2.19. The minimum atomic E-state index is -0.250. The van der Waals surface area contributed by atoms with Gasteiger partial charge in [-0.2, -0.15) is 5.10 Å². The lowest BCUT2D eigenvalue weighted by molar-refractivity contribution is -0.122. The van der Waals surface area contributed by atoms with Gasteiger partial charge in [0.25, 0.3) is 6.47 Å². The first kappa shape index (κ1) is 18.9. The predicted octanol–water partition coefficient (Wildman–Crippen LogP) is 2.22. The summed E-state index contributed by atoms with van der Waals surface area (Å²) in [5.74, 6) is 1.28. The molecule has 0 unspecified atom stereocenters. The first-order valence-electron chi connectivity index (χ1n) is 9.11. The molecule has 24 heavy (non-hydrogen) atoms. The van der Waals surface area contributed by atoms with Gasteiger partial charge in [-0.1, -0.05) is 32.1 Å². The Labute approximate surface area is 144 Å². The van der Waals surface area contributed by atoms with Crippen LogP contribution in [0.4, 0.5) is 0 Å². The SMILES string of the molecule is Cc1cc(C[C@@H]2CN(CCC3CCCCC3)C[C@H]2O)n[nH]1.O=CO. The lowest BCUT2D eigenvalue weighted by Gasteiger charge is -2.24. The van der Waals surface area contributed by atoms with E-state index in [2.05, 4.69) is 21.2 Å². The van der Waals surface area contributed by atoms with Gasteiger partial charge in [0.2, 0.25) is 0 Å². The highest BCUT2D eigenvalue weighted by Crippen LogP contribution is 2.28. The van der Waals surface area contributed by atoms with Gasteiger partial charge < -0.3 is 15.1 Å². The van der Waals surface area contributed by atoms with E-state index < -0.39 is 0 Å². The van der Waals surface area contributed by atoms with Gasteiger partial charge in [-0.05, 0) is 38.3 Å². The number of β-amino-alcohol motifs (C(OH)–C–C–N with tert-alkyl or cyclic N) is 1. The van der Waals surface area contributed by atoms with E-state index in [0.717, 1.165) is 43.4 Å². The number of aryl methyl sites for hydroxylation is 1. The molecule has 0 bridgehead atoms. The highest BCUT2D eigenvalue weighted by Gasteiger charge is 2.31. The average Bonchev–Trinajstić information content (AvgIpc) is 3.13. The van der Waals surface area contributed by atoms with Crippen LogP contribution in [0.1, 0.15) is 49.9 Å². The van der Waals surface area contributed by atoms with Crippen molar-refractivity contribution in [2.24, 2.45) is 11.8 Å². The first-order chi connectivity index (χ1) is 11.6. The van der Waals surface area contributed by atoms with E-state index in [0.29, 0.717) is 5.92 Å². The van der Waals surface area contributed by atoms with Gasteiger partial charge in [0, 0.05) is 24.7 Å². The number of carbonyl (C=O) groups is 1. The number of hydrogen-bond acceptors (Lipinski definition) is 4. The maximum atomic E-state index is 10.3. The van der Waals surface area contributed by atoms with Crippen LogP contribution in [0.25, 0.3) is 0 Å². The fourth-order valence-electron chi connectivity index (χ4n) is 4.01. The van der Waals surface area contributed by atoms with Crippen LogP contribution in [0, 0.1) is 18.8 Å². The Kier molecular flexibility index (Phi) is 7.72. The quantitative estimate of drug-likeness (QED) is 0.717. The molecule has 3 N–H and O–H groups in total. The van der Waals surface area contributed by atoms with Gasteiger partial charge in [-0.3, -0.25) is 9.89 Å². The van der Waals surface area contributed by atoms with Crippen molar-refractivity contribution in [1.29, 1.82) is 0 Å². The Bertz CT molecular complexity index is 486. The van der Waals surface area contributed by atoms with Crippen LogP contribution in [0.5, 0.6) is 0 Å². The smallest absolute Gasteiger partial charge is 0.290 e. The number of aliphatic hydroxyl groups excluding tert-OH is 1. The predicted molar refractivity (Wildman–Crippen MR) is 92.9 cm³/mol. The zero-order valence-electron chi connectivity index (χ0n) is 14.7. The number of hydrogen-bond donors (Lipinski definition) is 3. The molecule has 6 heteroatoms. The molecule has 2 aliphatic rings. The topological polar surface area (TPSA) is 89.5 Å². The maximum Gasteiger partial charge on any atom is 0.290 e. The summed E-state index contributed by atoms with van der Waals surface area (Å²) < 4.78 is 0. The Morgan fingerprint density at radius 1 is 1.33 bits per heavy atom. The van der Waals surface area contributed by atoms with Gasteiger partial charge in [0.05, 0.1) is 11.8 Å². The Hall–Kier alpha value is -1.40. The third-order valence-corrected chi connectivity index (χ3v) is 5.29. The third-order valence-electron chi connectivity index (χ3n) is 5.29. The van der Waals surface area contributed by atoms with E-state index in [1.165, 1.54) is 38.5 Å². The molecule has 1 aliphatic heterocycles. The standard InChI is InChI=1S/C17H29N3O.CH2O2/c1-13-9-16(19-18-13)10-15-11-20(12-17(15)21)8-7-14-5-3-2-4-6-14;2-1-3/h9,14-15,17,21H,2-8,10-12H2,1H3,(H,18,19);1H,(H,2,3)/t15-,17-;/m1./s1. The van der Waals surface area contributed by atoms with Crippen LogP contribution in [0.2, 0.25) is 0 Å². The van der Waals surface area contributed by atoms with Crippen molar-refractivity contribution >= 4 is 6.47 Å². The highest BCUT2D eigenvalue weighted by molar-refractivity contribution is 5.32. The van der Waals surface area contributed by atoms with Crippen molar-refractivity contribution in [1.82, 2.24) is 15.1 Å². The monoisotopic (exact) mass is 337 g/mol. The fourth-order valence-corrected chi connectivity index (χ4v) is 4.01. The number of carboxylic acid groups (broad SMARTS) is 1. The molecule has 2 fully saturated rings. The van der Waals surface area contributed by atoms with E-state index in [-0.39, 0.29) is 12.6 Å². The molecule has 1 saturated carbocycles. The molecule has 1 saturated heterocycles. The fraction of sp³-hybridized carbons (Fsp3) is 0.778. The summed E-state index contributed by atoms with van der Waals surface area (Å²) in [6.07, 6.45) is 9.16. The molecule has 3 rings (SSSR count). The van der Waals surface area contributed by atoms with Crippen molar-refractivity contribution in [3.05, 3.63) is 17.5 Å². The molecule has 2 atom stereocenters. The van der Waals surface area contributed by atoms with Crippen molar-refractivity contribution in [2.45, 2.75) is 58.0 Å². The second kappa shape index (κ2) is 9.79. The second-order valence-electron chi connectivity index (χ2n) is 7.23. The first-order valence-corrected chi connectivity index (χ1v) is 9.11. The van der Waals surface area contributed by atoms with Gasteiger partial charge in [-0.15, -0.1) is 0 Å². The second-order valence-corrected chi connectivity index (χ2v) is 7.23. The van der Waals surface area contributed by atoms with E-state index >= 15 is 0 Å². The largest absolute Gasteiger partial charge is 0.483 e. The lowest BCUT2D eigenvalue weighted by Crippen LogP contribution is -2.25. The third kappa shape index (κ3) is 5.91. The number of rotatable bonds is 5. The maximum absolute atomic E-state index is 10.3. The summed E-state index contributed by atoms with van der Waals surface area (Å²) in [5, 5.41) is 24.5. The molecule has 2 heterocycles. The van der Waals surface area contributed by atoms with Crippen LogP contribution >= 0.6 is 0 Å². The number of H-pyrrole nitrogens is 1. The van der Waals surface area contributed by atoms with E-state index in [1.54, 1.807) is 0 Å². The van der Waals surface area contributed by atoms with E-state index in [4.69, 9.17) is 9.90 Å². The molecule has 136 valence electrons. The average molecular weight is 337 g/mol. The molecule has 0 amide bonds. The van der Waals surface area contributed by atoms with Crippen LogP contribution in [-0.2, 0) is 11.2 Å². The van der Waals surface area contributed by atoms with Crippen LogP contribution in [0.3, 0.4) is 0 Å². The van der Waals surface area contributed by atoms with Gasteiger partial charge in [0.1, 0.15) is 0 Å². The van der Waals surface area contributed by atoms with E-state index in [9.17, 15) is 5.11 Å². The highest BCUT2D eigenvalue weighted by atomic mass is 16.3. The van der Waals surface area contributed by atoms with E-state index in [1.807, 2.05) is 6.92 Å². The summed E-state index contributed by atoms with van der Waals surface area (Å²) in [7, 11) is 0. The number of nitrogens with one attached hydrogen (secondary N) is 1. The molecular formula is C18H31N3O3. The molecule has 0 aromatic carbocycles. The van der Waals surface area contributed by atoms with Crippen molar-refractivity contribution < 1.29 is 15.0 Å². The zero-order chi connectivity index (χ0) is 17.4. The summed E-state index contributed by atoms with van der Waals surface area (Å²) in [6, 6.07) is 2.09. The lowest BCUT2D eigenvalue weighted by atomic mass is 9.87. The van der Waals surface area contributed by atoms with Crippen molar-refractivity contribution in [3.8, 4) is 0 Å². The van der Waals surface area contributed by atoms with Crippen molar-refractivity contribution in [3.63, 3.8) is 0 Å². The number of aromatic nitrogens is 2. The molecule has 0 radical (unpaired) electrons. The molecule has 6 nitrogen and oxygen atoms in total. The number of nitrogens with zero attached hydrogens (tertiary/aromatic N) is 2. The summed E-state index contributed by atoms with van der Waals surface area (Å²) in [6.45, 7) is 4.82. The number of aliphatic hydroxyl groups is 1. The molecule has 1 aromatic heterocycles. The van der Waals surface area contributed by atoms with Crippen LogP contribution in [-0.4, -0.2) is 57.5 Å². The van der Waals surface area contributed by atoms with Crippen LogP contribution < -0.4 is 0 Å². The molecule has 1 aromatic rings. The normalized spacial score (nSPS) is 25.2. The summed E-state index contributed by atoms with van der Waals surface area (Å²) in [4.78, 5) is 10.8. The number of likely N-dealkylation sites (tertiary alicyclic amines) is 1. The number of aromatic amines is 1. The molecule has 1 aliphatic carbocycles. The Morgan fingerprint density at radius 2 is 2.04 bits per heavy atom. The Morgan fingerprint density at radius 3 is 2.67 bits per heavy atom. The zero-order valence-corrected chi connectivity index (χ0v) is 14.7. The van der Waals surface area contributed by atoms with Gasteiger partial charge in [-0.25, -0.2) is 0 Å². The minimum absolute atomic E-state index is 0.187.